The van der Waals surface area contributed by atoms with Crippen LogP contribution in [0.15, 0.2) is 54.6 Å². The summed E-state index contributed by atoms with van der Waals surface area (Å²) in [6, 6.07) is 15.4. The quantitative estimate of drug-likeness (QED) is 0.642. The zero-order chi connectivity index (χ0) is 16.4. The maximum atomic E-state index is 12.4. The first-order valence-corrected chi connectivity index (χ1v) is 7.67. The summed E-state index contributed by atoms with van der Waals surface area (Å²) in [6.07, 6.45) is 3.81. The van der Waals surface area contributed by atoms with E-state index in [-0.39, 0.29) is 11.6 Å². The van der Waals surface area contributed by atoms with Crippen LogP contribution in [0.1, 0.15) is 21.5 Å². The van der Waals surface area contributed by atoms with Crippen LogP contribution in [0.4, 0.5) is 5.69 Å². The number of hydrogen-bond acceptors (Lipinski definition) is 3. The van der Waals surface area contributed by atoms with E-state index in [0.717, 1.165) is 16.8 Å². The highest BCUT2D eigenvalue weighted by Crippen LogP contribution is 2.27. The Bertz CT molecular complexity index is 772. The molecule has 0 aliphatic heterocycles. The molecule has 3 rings (SSSR count). The number of hydrogen-bond donors (Lipinski definition) is 0. The number of benzene rings is 2. The van der Waals surface area contributed by atoms with Gasteiger partial charge in [-0.15, -0.1) is 0 Å². The third kappa shape index (κ3) is 3.09. The van der Waals surface area contributed by atoms with Crippen molar-refractivity contribution in [1.29, 1.82) is 0 Å². The summed E-state index contributed by atoms with van der Waals surface area (Å²) >= 11 is 0. The van der Waals surface area contributed by atoms with Gasteiger partial charge >= 0.3 is 0 Å². The maximum absolute atomic E-state index is 12.4. The molecule has 0 fully saturated rings. The van der Waals surface area contributed by atoms with Gasteiger partial charge in [-0.2, -0.15) is 0 Å². The molecule has 0 heterocycles. The lowest BCUT2D eigenvalue weighted by Gasteiger charge is -2.11. The van der Waals surface area contributed by atoms with Crippen LogP contribution in [-0.2, 0) is 11.2 Å². The van der Waals surface area contributed by atoms with E-state index in [2.05, 4.69) is 0 Å². The molecular weight excluding hydrogens is 286 g/mol. The average molecular weight is 305 g/mol. The number of allylic oxidation sites excluding steroid dienone is 1. The molecule has 0 aromatic heterocycles. The van der Waals surface area contributed by atoms with Gasteiger partial charge in [-0.1, -0.05) is 42.5 Å². The Balaban J connectivity index is 1.71. The highest BCUT2D eigenvalue weighted by molar-refractivity contribution is 6.17. The van der Waals surface area contributed by atoms with Crippen molar-refractivity contribution in [3.05, 3.63) is 71.3 Å². The van der Waals surface area contributed by atoms with Crippen molar-refractivity contribution >= 4 is 23.3 Å². The second kappa shape index (κ2) is 6.21. The first-order chi connectivity index (χ1) is 11.1. The van der Waals surface area contributed by atoms with Gasteiger partial charge in [0.2, 0.25) is 0 Å². The second-order valence-corrected chi connectivity index (χ2v) is 6.00. The van der Waals surface area contributed by atoms with Gasteiger partial charge in [0.25, 0.3) is 0 Å². The predicted octanol–water partition coefficient (Wildman–Crippen LogP) is 3.39. The maximum Gasteiger partial charge on any atom is 0.174 e. The molecule has 1 aliphatic rings. The number of rotatable bonds is 4. The SMILES string of the molecule is CN(C)c1ccc(C=CC(=O)C2Cc3ccccc3C2=O)cc1. The van der Waals surface area contributed by atoms with E-state index < -0.39 is 5.92 Å². The number of carbonyl (C=O) groups excluding carboxylic acids is 2. The van der Waals surface area contributed by atoms with E-state index in [9.17, 15) is 9.59 Å². The van der Waals surface area contributed by atoms with Gasteiger partial charge in [-0.05, 0) is 35.8 Å². The predicted molar refractivity (Wildman–Crippen MR) is 92.8 cm³/mol. The molecule has 2 aromatic carbocycles. The van der Waals surface area contributed by atoms with Crippen LogP contribution in [0, 0.1) is 5.92 Å². The van der Waals surface area contributed by atoms with Crippen LogP contribution in [0.2, 0.25) is 0 Å². The first kappa shape index (κ1) is 15.2. The van der Waals surface area contributed by atoms with Crippen LogP contribution in [0.5, 0.6) is 0 Å². The van der Waals surface area contributed by atoms with Crippen molar-refractivity contribution < 1.29 is 9.59 Å². The lowest BCUT2D eigenvalue weighted by atomic mass is 9.98. The molecule has 1 atom stereocenters. The summed E-state index contributed by atoms with van der Waals surface area (Å²) in [7, 11) is 3.97. The summed E-state index contributed by atoms with van der Waals surface area (Å²) in [5.74, 6) is -0.745. The van der Waals surface area contributed by atoms with Gasteiger partial charge in [0.15, 0.2) is 11.6 Å². The number of nitrogens with zero attached hydrogens (tertiary/aromatic N) is 1. The monoisotopic (exact) mass is 305 g/mol. The van der Waals surface area contributed by atoms with Crippen molar-refractivity contribution in [2.45, 2.75) is 6.42 Å². The summed E-state index contributed by atoms with van der Waals surface area (Å²) in [5, 5.41) is 0. The molecule has 0 saturated carbocycles. The fraction of sp³-hybridized carbons (Fsp3) is 0.200. The van der Waals surface area contributed by atoms with Crippen LogP contribution in [-0.4, -0.2) is 25.7 Å². The summed E-state index contributed by atoms with van der Waals surface area (Å²) in [4.78, 5) is 26.7. The van der Waals surface area contributed by atoms with Crippen LogP contribution < -0.4 is 4.90 Å². The molecule has 3 nitrogen and oxygen atoms in total. The highest BCUT2D eigenvalue weighted by Gasteiger charge is 2.33. The van der Waals surface area contributed by atoms with Crippen LogP contribution >= 0.6 is 0 Å². The molecule has 0 bridgehead atoms. The number of carbonyl (C=O) groups is 2. The third-order valence-electron chi connectivity index (χ3n) is 4.22. The van der Waals surface area contributed by atoms with Crippen molar-refractivity contribution in [2.24, 2.45) is 5.92 Å². The van der Waals surface area contributed by atoms with Crippen molar-refractivity contribution in [3.8, 4) is 0 Å². The third-order valence-corrected chi connectivity index (χ3v) is 4.22. The Morgan fingerprint density at radius 1 is 1.09 bits per heavy atom. The van der Waals surface area contributed by atoms with E-state index >= 15 is 0 Å². The van der Waals surface area contributed by atoms with Crippen molar-refractivity contribution in [1.82, 2.24) is 0 Å². The second-order valence-electron chi connectivity index (χ2n) is 6.00. The summed E-state index contributed by atoms with van der Waals surface area (Å²) in [6.45, 7) is 0. The minimum Gasteiger partial charge on any atom is -0.378 e. The smallest absolute Gasteiger partial charge is 0.174 e. The summed E-state index contributed by atoms with van der Waals surface area (Å²) in [5.41, 5.74) is 3.72. The molecular formula is C20H19NO2. The Morgan fingerprint density at radius 3 is 2.43 bits per heavy atom. The number of ketones is 2. The number of fused-ring (bicyclic) bond motifs is 1. The fourth-order valence-corrected chi connectivity index (χ4v) is 2.85. The highest BCUT2D eigenvalue weighted by atomic mass is 16.2. The van der Waals surface area contributed by atoms with Crippen molar-refractivity contribution in [2.75, 3.05) is 19.0 Å². The van der Waals surface area contributed by atoms with Gasteiger partial charge in [0.05, 0.1) is 5.92 Å². The molecule has 0 radical (unpaired) electrons. The number of anilines is 1. The normalized spacial score (nSPS) is 16.6. The average Bonchev–Trinajstić information content (AvgIpc) is 2.90. The zero-order valence-electron chi connectivity index (χ0n) is 13.3. The van der Waals surface area contributed by atoms with E-state index in [1.807, 2.05) is 61.5 Å². The Morgan fingerprint density at radius 2 is 1.78 bits per heavy atom. The van der Waals surface area contributed by atoms with Crippen molar-refractivity contribution in [3.63, 3.8) is 0 Å². The molecule has 116 valence electrons. The Hall–Kier alpha value is -2.68. The van der Waals surface area contributed by atoms with Crippen LogP contribution in [0.25, 0.3) is 6.08 Å². The molecule has 2 aromatic rings. The number of Topliss-reactive ketones (excluding diaryl/α,β-unsaturated/α-hetero) is 1. The lowest BCUT2D eigenvalue weighted by molar-refractivity contribution is -0.116. The molecule has 0 amide bonds. The van der Waals surface area contributed by atoms with Gasteiger partial charge in [-0.3, -0.25) is 9.59 Å². The first-order valence-electron chi connectivity index (χ1n) is 7.67. The Labute approximate surface area is 136 Å². The minimum absolute atomic E-state index is 0.0572. The van der Waals surface area contributed by atoms with Gasteiger partial charge < -0.3 is 4.90 Å². The molecule has 1 unspecified atom stereocenters. The molecule has 0 N–H and O–H groups in total. The van der Waals surface area contributed by atoms with E-state index in [1.54, 1.807) is 12.1 Å². The van der Waals surface area contributed by atoms with Gasteiger partial charge in [-0.25, -0.2) is 0 Å². The minimum atomic E-state index is -0.565. The molecule has 23 heavy (non-hydrogen) atoms. The Kier molecular flexibility index (Phi) is 4.11. The lowest BCUT2D eigenvalue weighted by Crippen LogP contribution is -2.18. The zero-order valence-corrected chi connectivity index (χ0v) is 13.3. The van der Waals surface area contributed by atoms with Gasteiger partial charge in [0, 0.05) is 25.3 Å². The molecule has 0 spiro atoms. The fourth-order valence-electron chi connectivity index (χ4n) is 2.85. The van der Waals surface area contributed by atoms with E-state index in [0.29, 0.717) is 12.0 Å². The standard InChI is InChI=1S/C20H19NO2/c1-21(2)16-10-7-14(8-11-16)9-12-19(22)18-13-15-5-3-4-6-17(15)20(18)23/h3-12,18H,13H2,1-2H3. The van der Waals surface area contributed by atoms with E-state index in [4.69, 9.17) is 0 Å². The molecule has 1 aliphatic carbocycles. The largest absolute Gasteiger partial charge is 0.378 e. The van der Waals surface area contributed by atoms with E-state index in [1.165, 1.54) is 6.08 Å². The molecule has 0 saturated heterocycles. The topological polar surface area (TPSA) is 37.4 Å². The van der Waals surface area contributed by atoms with Crippen LogP contribution in [0.3, 0.4) is 0 Å². The van der Waals surface area contributed by atoms with Gasteiger partial charge in [0.1, 0.15) is 0 Å². The molecule has 3 heteroatoms. The summed E-state index contributed by atoms with van der Waals surface area (Å²) < 4.78 is 0.